The molecule has 0 saturated heterocycles. The van der Waals surface area contributed by atoms with Crippen molar-refractivity contribution in [3.8, 4) is 11.8 Å². The van der Waals surface area contributed by atoms with Gasteiger partial charge >= 0.3 is 7.60 Å². The van der Waals surface area contributed by atoms with Crippen molar-refractivity contribution in [1.82, 2.24) is 0 Å². The zero-order chi connectivity index (χ0) is 13.6. The number of benzene rings is 1. The van der Waals surface area contributed by atoms with Crippen LogP contribution < -0.4 is 0 Å². The molecule has 0 N–H and O–H groups in total. The van der Waals surface area contributed by atoms with Gasteiger partial charge in [-0.2, -0.15) is 0 Å². The molecule has 1 aromatic carbocycles. The van der Waals surface area contributed by atoms with Gasteiger partial charge in [0.05, 0.1) is 0 Å². The van der Waals surface area contributed by atoms with Gasteiger partial charge in [-0.15, -0.1) is 0 Å². The van der Waals surface area contributed by atoms with E-state index in [0.29, 0.717) is 0 Å². The van der Waals surface area contributed by atoms with Crippen LogP contribution in [-0.4, -0.2) is 14.2 Å². The highest BCUT2D eigenvalue weighted by Gasteiger charge is 2.34. The monoisotopic (exact) mass is 266 g/mol. The minimum atomic E-state index is -3.24. The molecular weight excluding hydrogens is 247 g/mol. The van der Waals surface area contributed by atoms with Gasteiger partial charge in [-0.3, -0.25) is 4.57 Å². The van der Waals surface area contributed by atoms with Gasteiger partial charge in [0.2, 0.25) is 0 Å². The van der Waals surface area contributed by atoms with Crippen LogP contribution in [0.5, 0.6) is 0 Å². The van der Waals surface area contributed by atoms with E-state index in [-0.39, 0.29) is 5.92 Å². The summed E-state index contributed by atoms with van der Waals surface area (Å²) in [6.45, 7) is 3.97. The lowest BCUT2D eigenvalue weighted by Gasteiger charge is -2.20. The van der Waals surface area contributed by atoms with Gasteiger partial charge in [0.15, 0.2) is 0 Å². The average Bonchev–Trinajstić information content (AvgIpc) is 2.39. The first-order valence-electron chi connectivity index (χ1n) is 5.80. The molecule has 1 atom stereocenters. The fourth-order valence-electron chi connectivity index (χ4n) is 1.51. The van der Waals surface area contributed by atoms with Crippen LogP contribution in [-0.2, 0) is 13.6 Å². The third-order valence-corrected chi connectivity index (χ3v) is 4.53. The fraction of sp³-hybridized carbons (Fsp3) is 0.429. The van der Waals surface area contributed by atoms with Crippen LogP contribution in [0.25, 0.3) is 0 Å². The maximum atomic E-state index is 12.5. The molecule has 0 saturated carbocycles. The summed E-state index contributed by atoms with van der Waals surface area (Å²) in [7, 11) is -0.471. The Labute approximate surface area is 109 Å². The predicted molar refractivity (Wildman–Crippen MR) is 73.4 cm³/mol. The molecule has 0 heterocycles. The summed E-state index contributed by atoms with van der Waals surface area (Å²) in [6, 6.07) is 9.43. The molecule has 18 heavy (non-hydrogen) atoms. The molecule has 1 aromatic rings. The van der Waals surface area contributed by atoms with Crippen molar-refractivity contribution >= 4 is 7.60 Å². The van der Waals surface area contributed by atoms with Crippen LogP contribution in [0.15, 0.2) is 30.3 Å². The first kappa shape index (κ1) is 15.0. The normalized spacial score (nSPS) is 12.9. The van der Waals surface area contributed by atoms with Crippen molar-refractivity contribution in [1.29, 1.82) is 0 Å². The number of hydrogen-bond donors (Lipinski definition) is 0. The molecule has 0 aliphatic carbocycles. The lowest BCUT2D eigenvalue weighted by atomic mass is 10.1. The molecular formula is C14H19O3P. The lowest BCUT2D eigenvalue weighted by molar-refractivity contribution is 0.271. The minimum absolute atomic E-state index is 0.207. The van der Waals surface area contributed by atoms with E-state index in [9.17, 15) is 4.57 Å². The molecule has 1 unspecified atom stereocenters. The summed E-state index contributed by atoms with van der Waals surface area (Å²) >= 11 is 0. The van der Waals surface area contributed by atoms with Crippen molar-refractivity contribution in [2.24, 2.45) is 5.92 Å². The molecule has 0 bridgehead atoms. The molecule has 0 aromatic heterocycles. The average molecular weight is 266 g/mol. The molecule has 1 rings (SSSR count). The largest absolute Gasteiger partial charge is 0.349 e. The third kappa shape index (κ3) is 3.71. The fourth-order valence-corrected chi connectivity index (χ4v) is 2.85. The lowest BCUT2D eigenvalue weighted by Crippen LogP contribution is -2.02. The summed E-state index contributed by atoms with van der Waals surface area (Å²) in [5.41, 5.74) is 0.300. The van der Waals surface area contributed by atoms with Crippen molar-refractivity contribution in [3.63, 3.8) is 0 Å². The molecule has 4 heteroatoms. The Morgan fingerprint density at radius 3 is 2.06 bits per heavy atom. The second kappa shape index (κ2) is 6.75. The first-order chi connectivity index (χ1) is 8.53. The smallest absolute Gasteiger partial charge is 0.311 e. The highest BCUT2D eigenvalue weighted by atomic mass is 31.2. The van der Waals surface area contributed by atoms with E-state index in [1.807, 2.05) is 44.2 Å². The minimum Gasteiger partial charge on any atom is -0.311 e. The molecule has 0 amide bonds. The van der Waals surface area contributed by atoms with Gasteiger partial charge in [0, 0.05) is 20.1 Å². The molecule has 3 nitrogen and oxygen atoms in total. The maximum Gasteiger partial charge on any atom is 0.349 e. The highest BCUT2D eigenvalue weighted by molar-refractivity contribution is 7.54. The standard InChI is InChI=1S/C14H19O3P/c1-12(2)10-11-14(18(15,16-3)17-4)13-8-6-5-7-9-13/h5-9,12,14H,1-4H3. The Hall–Kier alpha value is -1.07. The maximum absolute atomic E-state index is 12.5. The van der Waals surface area contributed by atoms with Crippen molar-refractivity contribution in [2.45, 2.75) is 19.5 Å². The van der Waals surface area contributed by atoms with E-state index in [4.69, 9.17) is 9.05 Å². The van der Waals surface area contributed by atoms with E-state index >= 15 is 0 Å². The van der Waals surface area contributed by atoms with Crippen LogP contribution in [0.1, 0.15) is 25.1 Å². The quantitative estimate of drug-likeness (QED) is 0.613. The second-order valence-corrected chi connectivity index (χ2v) is 6.49. The highest BCUT2D eigenvalue weighted by Crippen LogP contribution is 2.59. The zero-order valence-corrected chi connectivity index (χ0v) is 12.1. The Morgan fingerprint density at radius 1 is 1.06 bits per heavy atom. The van der Waals surface area contributed by atoms with E-state index in [2.05, 4.69) is 11.8 Å². The van der Waals surface area contributed by atoms with E-state index in [1.54, 1.807) is 0 Å². The molecule has 0 radical (unpaired) electrons. The van der Waals surface area contributed by atoms with Gasteiger partial charge < -0.3 is 9.05 Å². The second-order valence-electron chi connectivity index (χ2n) is 4.16. The molecule has 0 fully saturated rings. The number of hydrogen-bond acceptors (Lipinski definition) is 3. The predicted octanol–water partition coefficient (Wildman–Crippen LogP) is 3.87. The van der Waals surface area contributed by atoms with E-state index in [1.165, 1.54) is 14.2 Å². The summed E-state index contributed by atoms with van der Waals surface area (Å²) < 4.78 is 22.7. The van der Waals surface area contributed by atoms with Crippen molar-refractivity contribution < 1.29 is 13.6 Å². The summed E-state index contributed by atoms with van der Waals surface area (Å²) in [5, 5.41) is 0. The van der Waals surface area contributed by atoms with Crippen LogP contribution in [0, 0.1) is 17.8 Å². The Balaban J connectivity index is 3.21. The molecule has 0 spiro atoms. The Bertz CT molecular complexity index is 463. The number of rotatable bonds is 4. The summed E-state index contributed by atoms with van der Waals surface area (Å²) in [4.78, 5) is 0. The summed E-state index contributed by atoms with van der Waals surface area (Å²) in [5.74, 6) is 6.26. The van der Waals surface area contributed by atoms with Gasteiger partial charge in [-0.1, -0.05) is 56.0 Å². The zero-order valence-electron chi connectivity index (χ0n) is 11.2. The first-order valence-corrected chi connectivity index (χ1v) is 7.42. The molecule has 0 aliphatic rings. The van der Waals surface area contributed by atoms with Crippen molar-refractivity contribution in [2.75, 3.05) is 14.2 Å². The van der Waals surface area contributed by atoms with Crippen LogP contribution in [0.3, 0.4) is 0 Å². The van der Waals surface area contributed by atoms with Crippen LogP contribution in [0.2, 0.25) is 0 Å². The van der Waals surface area contributed by atoms with Gasteiger partial charge in [0.25, 0.3) is 0 Å². The van der Waals surface area contributed by atoms with Gasteiger partial charge in [-0.05, 0) is 5.56 Å². The van der Waals surface area contributed by atoms with Crippen molar-refractivity contribution in [3.05, 3.63) is 35.9 Å². The van der Waals surface area contributed by atoms with Crippen LogP contribution in [0.4, 0.5) is 0 Å². The third-order valence-electron chi connectivity index (χ3n) is 2.45. The van der Waals surface area contributed by atoms with E-state index < -0.39 is 13.3 Å². The summed E-state index contributed by atoms with van der Waals surface area (Å²) in [6.07, 6.45) is 0. The van der Waals surface area contributed by atoms with Gasteiger partial charge in [-0.25, -0.2) is 0 Å². The Morgan fingerprint density at radius 2 is 1.61 bits per heavy atom. The topological polar surface area (TPSA) is 35.5 Å². The van der Waals surface area contributed by atoms with Crippen LogP contribution >= 0.6 is 7.60 Å². The van der Waals surface area contributed by atoms with Gasteiger partial charge in [0.1, 0.15) is 5.66 Å². The molecule has 0 aliphatic heterocycles. The van der Waals surface area contributed by atoms with E-state index in [0.717, 1.165) is 5.56 Å². The molecule has 98 valence electrons. The SMILES string of the molecule is COP(=O)(OC)C(C#CC(C)C)c1ccccc1. The Kier molecular flexibility index (Phi) is 5.62.